The lowest BCUT2D eigenvalue weighted by Gasteiger charge is -2.26. The highest BCUT2D eigenvalue weighted by Gasteiger charge is 2.18. The Kier molecular flexibility index (Phi) is 1.44. The predicted octanol–water partition coefficient (Wildman–Crippen LogP) is 2.33. The number of benzene rings is 1. The molecular weight excluding hydrogens is 176 g/mol. The summed E-state index contributed by atoms with van der Waals surface area (Å²) < 4.78 is 5.01. The van der Waals surface area contributed by atoms with Crippen molar-refractivity contribution in [3.05, 3.63) is 47.9 Å². The van der Waals surface area contributed by atoms with Gasteiger partial charge in [0, 0.05) is 5.56 Å². The second-order valence-corrected chi connectivity index (χ2v) is 3.10. The highest BCUT2D eigenvalue weighted by molar-refractivity contribution is 5.77. The molecule has 0 bridgehead atoms. The van der Waals surface area contributed by atoms with Crippen molar-refractivity contribution in [2.45, 2.75) is 0 Å². The van der Waals surface area contributed by atoms with Crippen molar-refractivity contribution < 1.29 is 4.74 Å². The summed E-state index contributed by atoms with van der Waals surface area (Å²) in [4.78, 5) is 0. The summed E-state index contributed by atoms with van der Waals surface area (Å²) in [6, 6.07) is 8.12. The average Bonchev–Trinajstić information content (AvgIpc) is 2.29. The van der Waals surface area contributed by atoms with Crippen LogP contribution >= 0.6 is 0 Å². The zero-order chi connectivity index (χ0) is 9.38. The van der Waals surface area contributed by atoms with Crippen molar-refractivity contribution in [2.75, 3.05) is 5.01 Å². The van der Waals surface area contributed by atoms with E-state index in [9.17, 15) is 0 Å². The van der Waals surface area contributed by atoms with Crippen LogP contribution in [-0.2, 0) is 4.74 Å². The molecule has 0 unspecified atom stereocenters. The maximum absolute atomic E-state index is 5.01. The van der Waals surface area contributed by atoms with Gasteiger partial charge < -0.3 is 4.74 Å². The quantitative estimate of drug-likeness (QED) is 0.618. The van der Waals surface area contributed by atoms with Crippen molar-refractivity contribution in [2.24, 2.45) is 5.10 Å². The Morgan fingerprint density at radius 2 is 2.07 bits per heavy atom. The summed E-state index contributed by atoms with van der Waals surface area (Å²) >= 11 is 0. The van der Waals surface area contributed by atoms with E-state index in [0.29, 0.717) is 0 Å². The lowest BCUT2D eigenvalue weighted by Crippen LogP contribution is -2.20. The second kappa shape index (κ2) is 2.73. The van der Waals surface area contributed by atoms with Crippen LogP contribution in [0.15, 0.2) is 47.4 Å². The normalized spacial score (nSPS) is 16.9. The van der Waals surface area contributed by atoms with Crippen LogP contribution in [0.5, 0.6) is 0 Å². The summed E-state index contributed by atoms with van der Waals surface area (Å²) in [5.41, 5.74) is 3.20. The number of hydrogen-bond acceptors (Lipinski definition) is 3. The van der Waals surface area contributed by atoms with E-state index in [0.717, 1.165) is 11.4 Å². The minimum Gasteiger partial charge on any atom is -0.449 e. The molecule has 0 atom stereocenters. The number of nitrogens with zero attached hydrogens (tertiary/aromatic N) is 2. The molecule has 2 aliphatic heterocycles. The molecule has 0 radical (unpaired) electrons. The molecular formula is C11H8N2O. The molecule has 1 aromatic carbocycles. The first kappa shape index (κ1) is 7.38. The van der Waals surface area contributed by atoms with Gasteiger partial charge in [0.25, 0.3) is 0 Å². The van der Waals surface area contributed by atoms with E-state index in [-0.39, 0.29) is 0 Å². The van der Waals surface area contributed by atoms with Gasteiger partial charge in [-0.25, -0.2) is 5.01 Å². The van der Waals surface area contributed by atoms with Crippen LogP contribution in [0.25, 0.3) is 6.08 Å². The average molecular weight is 184 g/mol. The Hall–Kier alpha value is -2.03. The lowest BCUT2D eigenvalue weighted by atomic mass is 10.1. The van der Waals surface area contributed by atoms with Gasteiger partial charge in [-0.2, -0.15) is 0 Å². The highest BCUT2D eigenvalue weighted by atomic mass is 16.5. The van der Waals surface area contributed by atoms with Gasteiger partial charge >= 0.3 is 0 Å². The number of hydrazone groups is 1. The zero-order valence-electron chi connectivity index (χ0n) is 7.42. The number of rotatable bonds is 0. The Morgan fingerprint density at radius 1 is 1.14 bits per heavy atom. The van der Waals surface area contributed by atoms with E-state index in [1.54, 1.807) is 6.26 Å². The largest absolute Gasteiger partial charge is 0.449 e. The maximum atomic E-state index is 5.01. The topological polar surface area (TPSA) is 24.8 Å². The molecule has 3 nitrogen and oxygen atoms in total. The third-order valence-electron chi connectivity index (χ3n) is 2.26. The van der Waals surface area contributed by atoms with Gasteiger partial charge in [-0.3, -0.25) is 0 Å². The van der Waals surface area contributed by atoms with Crippen LogP contribution in [-0.4, -0.2) is 6.40 Å². The summed E-state index contributed by atoms with van der Waals surface area (Å²) in [5, 5.41) is 6.02. The fraction of sp³-hybridized carbons (Fsp3) is 0. The van der Waals surface area contributed by atoms with E-state index in [2.05, 4.69) is 17.2 Å². The van der Waals surface area contributed by atoms with Gasteiger partial charge in [0.05, 0.1) is 5.69 Å². The van der Waals surface area contributed by atoms with Crippen LogP contribution in [0.3, 0.4) is 0 Å². The molecule has 68 valence electrons. The van der Waals surface area contributed by atoms with Crippen LogP contribution < -0.4 is 5.01 Å². The number of anilines is 1. The molecule has 14 heavy (non-hydrogen) atoms. The molecule has 2 heterocycles. The SMILES string of the molecule is C1=Cc2ccccc2N2N=COC=C12. The minimum atomic E-state index is 0.950. The number of allylic oxidation sites excluding steroid dienone is 1. The standard InChI is InChI=1S/C11H8N2O/c1-2-4-11-9(3-1)5-6-10-7-14-8-12-13(10)11/h1-8H. The minimum absolute atomic E-state index is 0.950. The second-order valence-electron chi connectivity index (χ2n) is 3.10. The smallest absolute Gasteiger partial charge is 0.199 e. The van der Waals surface area contributed by atoms with E-state index < -0.39 is 0 Å². The summed E-state index contributed by atoms with van der Waals surface area (Å²) in [6.07, 6.45) is 7.15. The van der Waals surface area contributed by atoms with Crippen LogP contribution in [0.1, 0.15) is 5.56 Å². The first-order valence-corrected chi connectivity index (χ1v) is 4.40. The van der Waals surface area contributed by atoms with E-state index >= 15 is 0 Å². The molecule has 0 amide bonds. The number of fused-ring (bicyclic) bond motifs is 3. The van der Waals surface area contributed by atoms with E-state index in [4.69, 9.17) is 4.74 Å². The van der Waals surface area contributed by atoms with Crippen LogP contribution in [0.2, 0.25) is 0 Å². The van der Waals surface area contributed by atoms with Gasteiger partial charge in [0.2, 0.25) is 0 Å². The van der Waals surface area contributed by atoms with Gasteiger partial charge in [-0.1, -0.05) is 24.3 Å². The Labute approximate surface area is 81.6 Å². The summed E-state index contributed by atoms with van der Waals surface area (Å²) in [5.74, 6) is 0. The Morgan fingerprint density at radius 3 is 3.07 bits per heavy atom. The molecule has 0 aromatic heterocycles. The monoisotopic (exact) mass is 184 g/mol. The van der Waals surface area contributed by atoms with Crippen molar-refractivity contribution in [3.63, 3.8) is 0 Å². The van der Waals surface area contributed by atoms with Gasteiger partial charge in [0.1, 0.15) is 12.0 Å². The molecule has 0 aliphatic carbocycles. The van der Waals surface area contributed by atoms with Crippen molar-refractivity contribution >= 4 is 18.2 Å². The van der Waals surface area contributed by atoms with Crippen LogP contribution in [0, 0.1) is 0 Å². The number of ether oxygens (including phenoxy) is 1. The third kappa shape index (κ3) is 0.956. The maximum Gasteiger partial charge on any atom is 0.199 e. The molecule has 0 N–H and O–H groups in total. The van der Waals surface area contributed by atoms with Gasteiger partial charge in [0.15, 0.2) is 6.40 Å². The van der Waals surface area contributed by atoms with E-state index in [1.807, 2.05) is 29.3 Å². The van der Waals surface area contributed by atoms with Crippen molar-refractivity contribution in [1.82, 2.24) is 0 Å². The van der Waals surface area contributed by atoms with Crippen molar-refractivity contribution in [1.29, 1.82) is 0 Å². The molecule has 1 aromatic rings. The Balaban J connectivity index is 2.19. The molecule has 3 rings (SSSR count). The first-order chi connectivity index (χ1) is 6.95. The third-order valence-corrected chi connectivity index (χ3v) is 2.26. The van der Waals surface area contributed by atoms with E-state index in [1.165, 1.54) is 12.0 Å². The fourth-order valence-electron chi connectivity index (χ4n) is 1.60. The summed E-state index contributed by atoms with van der Waals surface area (Å²) in [6.45, 7) is 0. The molecule has 0 saturated heterocycles. The molecule has 0 saturated carbocycles. The summed E-state index contributed by atoms with van der Waals surface area (Å²) in [7, 11) is 0. The van der Waals surface area contributed by atoms with Gasteiger partial charge in [-0.15, -0.1) is 5.10 Å². The molecule has 3 heteroatoms. The van der Waals surface area contributed by atoms with Crippen molar-refractivity contribution in [3.8, 4) is 0 Å². The highest BCUT2D eigenvalue weighted by Crippen LogP contribution is 2.31. The predicted molar refractivity (Wildman–Crippen MR) is 55.6 cm³/mol. The molecule has 0 spiro atoms. The lowest BCUT2D eigenvalue weighted by molar-refractivity contribution is 0.473. The molecule has 0 fully saturated rings. The molecule has 2 aliphatic rings. The zero-order valence-corrected chi connectivity index (χ0v) is 7.42. The number of para-hydroxylation sites is 1. The Bertz CT molecular complexity index is 460. The first-order valence-electron chi connectivity index (χ1n) is 4.40. The van der Waals surface area contributed by atoms with Gasteiger partial charge in [-0.05, 0) is 12.1 Å². The fourth-order valence-corrected chi connectivity index (χ4v) is 1.60. The van der Waals surface area contributed by atoms with Crippen LogP contribution in [0.4, 0.5) is 5.69 Å². The number of hydrogen-bond donors (Lipinski definition) is 0.